The smallest absolute Gasteiger partial charge is 0.261 e. The molecular weight excluding hydrogens is 322 g/mol. The van der Waals surface area contributed by atoms with E-state index in [4.69, 9.17) is 16.3 Å². The van der Waals surface area contributed by atoms with Crippen LogP contribution in [0.5, 0.6) is 5.75 Å². The lowest BCUT2D eigenvalue weighted by Gasteiger charge is -2.19. The van der Waals surface area contributed by atoms with Crippen LogP contribution in [0.3, 0.4) is 0 Å². The summed E-state index contributed by atoms with van der Waals surface area (Å²) in [4.78, 5) is 12.4. The Bertz CT molecular complexity index is 683. The van der Waals surface area contributed by atoms with Gasteiger partial charge in [0.2, 0.25) is 0 Å². The second-order valence-corrected chi connectivity index (χ2v) is 6.39. The number of ether oxygens (including phenoxy) is 1. The van der Waals surface area contributed by atoms with Gasteiger partial charge in [0.05, 0.1) is 0 Å². The third-order valence-corrected chi connectivity index (χ3v) is 4.15. The lowest BCUT2D eigenvalue weighted by atomic mass is 10.1. The summed E-state index contributed by atoms with van der Waals surface area (Å²) in [5, 5.41) is 3.67. The zero-order chi connectivity index (χ0) is 17.5. The zero-order valence-electron chi connectivity index (χ0n) is 14.4. The molecule has 1 amide bonds. The summed E-state index contributed by atoms with van der Waals surface area (Å²) in [5.74, 6) is 0.696. The Labute approximate surface area is 149 Å². The molecule has 0 radical (unpaired) electrons. The lowest BCUT2D eigenvalue weighted by Crippen LogP contribution is -2.39. The first kappa shape index (κ1) is 18.3. The maximum Gasteiger partial charge on any atom is 0.261 e. The molecule has 0 saturated carbocycles. The molecule has 0 saturated heterocycles. The average Bonchev–Trinajstić information content (AvgIpc) is 2.57. The fraction of sp³-hybridized carbons (Fsp3) is 0.350. The quantitative estimate of drug-likeness (QED) is 0.803. The van der Waals surface area contributed by atoms with Gasteiger partial charge in [-0.2, -0.15) is 0 Å². The second kappa shape index (κ2) is 8.74. The van der Waals surface area contributed by atoms with E-state index in [2.05, 4.69) is 5.32 Å². The van der Waals surface area contributed by atoms with E-state index in [0.717, 1.165) is 33.9 Å². The van der Waals surface area contributed by atoms with Crippen LogP contribution in [0.1, 0.15) is 30.0 Å². The van der Waals surface area contributed by atoms with Crippen LogP contribution >= 0.6 is 11.6 Å². The summed E-state index contributed by atoms with van der Waals surface area (Å²) in [6.45, 7) is 6.53. The Morgan fingerprint density at radius 2 is 1.88 bits per heavy atom. The van der Waals surface area contributed by atoms with Gasteiger partial charge in [0, 0.05) is 11.6 Å². The molecule has 0 aliphatic heterocycles. The summed E-state index contributed by atoms with van der Waals surface area (Å²) in [6.07, 6.45) is 0.916. The van der Waals surface area contributed by atoms with Crippen LogP contribution in [0.2, 0.25) is 5.02 Å². The third kappa shape index (κ3) is 5.27. The Morgan fingerprint density at radius 3 is 2.54 bits per heavy atom. The Morgan fingerprint density at radius 1 is 1.17 bits per heavy atom. The van der Waals surface area contributed by atoms with Crippen molar-refractivity contribution in [2.75, 3.05) is 6.54 Å². The van der Waals surface area contributed by atoms with E-state index in [1.165, 1.54) is 0 Å². The maximum absolute atomic E-state index is 12.4. The predicted octanol–water partition coefficient (Wildman–Crippen LogP) is 4.47. The molecule has 0 heterocycles. The molecule has 1 atom stereocenters. The highest BCUT2D eigenvalue weighted by molar-refractivity contribution is 6.30. The Balaban J connectivity index is 1.89. The highest BCUT2D eigenvalue weighted by atomic mass is 35.5. The van der Waals surface area contributed by atoms with Crippen LogP contribution in [0.15, 0.2) is 42.5 Å². The van der Waals surface area contributed by atoms with Gasteiger partial charge in [0.1, 0.15) is 5.75 Å². The molecule has 0 aromatic heterocycles. The normalized spacial score (nSPS) is 11.8. The molecule has 0 bridgehead atoms. The number of nitrogens with one attached hydrogen (secondary N) is 1. The predicted molar refractivity (Wildman–Crippen MR) is 98.8 cm³/mol. The van der Waals surface area contributed by atoms with Crippen molar-refractivity contribution in [1.82, 2.24) is 5.32 Å². The molecule has 2 aromatic carbocycles. The van der Waals surface area contributed by atoms with Gasteiger partial charge in [-0.3, -0.25) is 4.79 Å². The number of aryl methyl sites for hydroxylation is 2. The number of hydrogen-bond acceptors (Lipinski definition) is 2. The van der Waals surface area contributed by atoms with E-state index in [0.29, 0.717) is 13.0 Å². The number of halogens is 1. The molecule has 0 fully saturated rings. The van der Waals surface area contributed by atoms with Crippen LogP contribution in [-0.2, 0) is 11.2 Å². The molecule has 0 aliphatic carbocycles. The fourth-order valence-corrected chi connectivity index (χ4v) is 2.53. The SMILES string of the molecule is CC[C@@H](Oc1cc(C)ccc1C)C(=O)NCCc1ccc(Cl)cc1. The van der Waals surface area contributed by atoms with Crippen molar-refractivity contribution >= 4 is 17.5 Å². The second-order valence-electron chi connectivity index (χ2n) is 5.95. The van der Waals surface area contributed by atoms with E-state index in [1.54, 1.807) is 0 Å². The largest absolute Gasteiger partial charge is 0.480 e. The molecule has 0 aliphatic rings. The van der Waals surface area contributed by atoms with E-state index in [1.807, 2.05) is 63.2 Å². The molecule has 2 rings (SSSR count). The number of amides is 1. The first-order valence-corrected chi connectivity index (χ1v) is 8.63. The van der Waals surface area contributed by atoms with Crippen molar-refractivity contribution in [3.63, 3.8) is 0 Å². The van der Waals surface area contributed by atoms with E-state index in [-0.39, 0.29) is 5.91 Å². The Kier molecular flexibility index (Phi) is 6.68. The maximum atomic E-state index is 12.4. The number of rotatable bonds is 7. The summed E-state index contributed by atoms with van der Waals surface area (Å²) < 4.78 is 5.93. The summed E-state index contributed by atoms with van der Waals surface area (Å²) >= 11 is 5.87. The van der Waals surface area contributed by atoms with Crippen molar-refractivity contribution in [3.8, 4) is 5.75 Å². The molecule has 4 heteroatoms. The van der Waals surface area contributed by atoms with Crippen molar-refractivity contribution in [1.29, 1.82) is 0 Å². The summed E-state index contributed by atoms with van der Waals surface area (Å²) in [6, 6.07) is 13.7. The number of carbonyl (C=O) groups is 1. The van der Waals surface area contributed by atoms with Gasteiger partial charge >= 0.3 is 0 Å². The monoisotopic (exact) mass is 345 g/mol. The summed E-state index contributed by atoms with van der Waals surface area (Å²) in [7, 11) is 0. The van der Waals surface area contributed by atoms with Gasteiger partial charge < -0.3 is 10.1 Å². The number of hydrogen-bond donors (Lipinski definition) is 1. The van der Waals surface area contributed by atoms with Crippen molar-refractivity contribution in [2.24, 2.45) is 0 Å². The van der Waals surface area contributed by atoms with Crippen molar-refractivity contribution in [3.05, 3.63) is 64.2 Å². The van der Waals surface area contributed by atoms with Crippen LogP contribution in [0, 0.1) is 13.8 Å². The highest BCUT2D eigenvalue weighted by Gasteiger charge is 2.18. The molecule has 0 unspecified atom stereocenters. The number of benzene rings is 2. The molecular formula is C20H24ClNO2. The molecule has 1 N–H and O–H groups in total. The molecule has 0 spiro atoms. The molecule has 128 valence electrons. The molecule has 3 nitrogen and oxygen atoms in total. The summed E-state index contributed by atoms with van der Waals surface area (Å²) in [5.41, 5.74) is 3.30. The minimum absolute atomic E-state index is 0.0765. The van der Waals surface area contributed by atoms with Crippen LogP contribution in [-0.4, -0.2) is 18.6 Å². The minimum Gasteiger partial charge on any atom is -0.480 e. The highest BCUT2D eigenvalue weighted by Crippen LogP contribution is 2.21. The van der Waals surface area contributed by atoms with Gasteiger partial charge in [0.15, 0.2) is 6.10 Å². The lowest BCUT2D eigenvalue weighted by molar-refractivity contribution is -0.128. The van der Waals surface area contributed by atoms with Crippen molar-refractivity contribution in [2.45, 2.75) is 39.7 Å². The topological polar surface area (TPSA) is 38.3 Å². The average molecular weight is 346 g/mol. The minimum atomic E-state index is -0.476. The Hall–Kier alpha value is -2.00. The van der Waals surface area contributed by atoms with Crippen LogP contribution in [0.25, 0.3) is 0 Å². The van der Waals surface area contributed by atoms with Crippen LogP contribution in [0.4, 0.5) is 0 Å². The van der Waals surface area contributed by atoms with Gasteiger partial charge in [-0.15, -0.1) is 0 Å². The van der Waals surface area contributed by atoms with Gasteiger partial charge in [-0.05, 0) is 61.6 Å². The van der Waals surface area contributed by atoms with Gasteiger partial charge in [-0.25, -0.2) is 0 Å². The number of carbonyl (C=O) groups excluding carboxylic acids is 1. The van der Waals surface area contributed by atoms with Gasteiger partial charge in [0.25, 0.3) is 5.91 Å². The first-order valence-electron chi connectivity index (χ1n) is 8.25. The zero-order valence-corrected chi connectivity index (χ0v) is 15.2. The van der Waals surface area contributed by atoms with E-state index < -0.39 is 6.10 Å². The van der Waals surface area contributed by atoms with E-state index in [9.17, 15) is 4.79 Å². The standard InChI is InChI=1S/C20H24ClNO2/c1-4-18(24-19-13-14(2)5-6-15(19)3)20(23)22-12-11-16-7-9-17(21)10-8-16/h5-10,13,18H,4,11-12H2,1-3H3,(H,22,23)/t18-/m1/s1. The molecule has 2 aromatic rings. The third-order valence-electron chi connectivity index (χ3n) is 3.90. The molecule has 24 heavy (non-hydrogen) atoms. The van der Waals surface area contributed by atoms with Crippen LogP contribution < -0.4 is 10.1 Å². The van der Waals surface area contributed by atoms with Gasteiger partial charge in [-0.1, -0.05) is 42.8 Å². The van der Waals surface area contributed by atoms with E-state index >= 15 is 0 Å². The first-order chi connectivity index (χ1) is 11.5. The van der Waals surface area contributed by atoms with Crippen molar-refractivity contribution < 1.29 is 9.53 Å². The fourth-order valence-electron chi connectivity index (χ4n) is 2.40.